The second-order valence-electron chi connectivity index (χ2n) is 3.87. The molecule has 0 radical (unpaired) electrons. The number of nitrogens with two attached hydrogens (primary N) is 1. The van der Waals surface area contributed by atoms with Crippen molar-refractivity contribution in [3.63, 3.8) is 0 Å². The summed E-state index contributed by atoms with van der Waals surface area (Å²) in [5.41, 5.74) is 6.69. The van der Waals surface area contributed by atoms with Crippen LogP contribution in [0.25, 0.3) is 0 Å². The fraction of sp³-hybridized carbons (Fsp3) is 0.333. The molecule has 0 saturated carbocycles. The molecule has 98 valence electrons. The molecule has 0 fully saturated rings. The third-order valence-electron chi connectivity index (χ3n) is 2.63. The summed E-state index contributed by atoms with van der Waals surface area (Å²) in [4.78, 5) is 23.6. The Bertz CT molecular complexity index is 473. The number of carbonyl (C=O) groups excluding carboxylic acids is 1. The van der Waals surface area contributed by atoms with E-state index in [2.05, 4.69) is 0 Å². The van der Waals surface area contributed by atoms with Gasteiger partial charge in [-0.25, -0.2) is 4.79 Å². The van der Waals surface area contributed by atoms with Crippen LogP contribution in [0.1, 0.15) is 5.56 Å². The van der Waals surface area contributed by atoms with E-state index >= 15 is 0 Å². The number of ether oxygens (including phenoxy) is 1. The minimum atomic E-state index is -1.56. The maximum Gasteiger partial charge on any atom is 0.330 e. The van der Waals surface area contributed by atoms with Gasteiger partial charge in [0.05, 0.1) is 7.11 Å². The van der Waals surface area contributed by atoms with Crippen LogP contribution >= 0.6 is 0 Å². The lowest BCUT2D eigenvalue weighted by Crippen LogP contribution is -2.46. The molecule has 0 aliphatic rings. The fourth-order valence-corrected chi connectivity index (χ4v) is 1.51. The molecule has 1 amide bonds. The number of benzene rings is 1. The molecule has 0 aliphatic heterocycles. The monoisotopic (exact) mass is 252 g/mol. The third kappa shape index (κ3) is 2.78. The van der Waals surface area contributed by atoms with Gasteiger partial charge in [-0.2, -0.15) is 0 Å². The zero-order valence-corrected chi connectivity index (χ0v) is 10.5. The number of amides is 1. The van der Waals surface area contributed by atoms with Crippen LogP contribution in [0.15, 0.2) is 18.2 Å². The van der Waals surface area contributed by atoms with Crippen molar-refractivity contribution >= 4 is 17.6 Å². The van der Waals surface area contributed by atoms with E-state index in [0.717, 1.165) is 5.56 Å². The molecule has 6 heteroatoms. The van der Waals surface area contributed by atoms with Crippen LogP contribution in [-0.2, 0) is 9.59 Å². The molecular weight excluding hydrogens is 236 g/mol. The van der Waals surface area contributed by atoms with Crippen molar-refractivity contribution in [2.24, 2.45) is 5.73 Å². The first kappa shape index (κ1) is 14.0. The summed E-state index contributed by atoms with van der Waals surface area (Å²) in [5.74, 6) is -1.33. The van der Waals surface area contributed by atoms with Crippen LogP contribution < -0.4 is 15.4 Å². The molecule has 0 heterocycles. The van der Waals surface area contributed by atoms with Crippen LogP contribution in [0.2, 0.25) is 0 Å². The summed E-state index contributed by atoms with van der Waals surface area (Å²) in [7, 11) is 3.03. The average molecular weight is 252 g/mol. The van der Waals surface area contributed by atoms with Crippen molar-refractivity contribution in [2.75, 3.05) is 19.1 Å². The van der Waals surface area contributed by atoms with Gasteiger partial charge in [-0.05, 0) is 30.7 Å². The number of aryl methyl sites for hydroxylation is 1. The predicted octanol–water partition coefficient (Wildman–Crippen LogP) is 0.378. The number of rotatable bonds is 4. The summed E-state index contributed by atoms with van der Waals surface area (Å²) in [6.07, 6.45) is 0. The minimum absolute atomic E-state index is 0.565. The van der Waals surface area contributed by atoms with Crippen LogP contribution in [0.4, 0.5) is 5.69 Å². The molecule has 3 N–H and O–H groups in total. The van der Waals surface area contributed by atoms with Gasteiger partial charge in [0, 0.05) is 12.7 Å². The molecule has 6 nitrogen and oxygen atoms in total. The van der Waals surface area contributed by atoms with Crippen LogP contribution in [0.5, 0.6) is 5.75 Å². The number of methoxy groups -OCH3 is 1. The van der Waals surface area contributed by atoms with Crippen molar-refractivity contribution < 1.29 is 19.4 Å². The normalized spacial score (nSPS) is 11.8. The highest BCUT2D eigenvalue weighted by Crippen LogP contribution is 2.23. The molecule has 0 bridgehead atoms. The lowest BCUT2D eigenvalue weighted by atomic mass is 10.1. The van der Waals surface area contributed by atoms with Crippen LogP contribution in [0, 0.1) is 6.92 Å². The molecule has 0 aromatic heterocycles. The Balaban J connectivity index is 2.97. The molecular formula is C12H16N2O4. The molecule has 1 atom stereocenters. The quantitative estimate of drug-likeness (QED) is 0.755. The Hall–Kier alpha value is -2.08. The van der Waals surface area contributed by atoms with E-state index in [1.54, 1.807) is 25.3 Å². The van der Waals surface area contributed by atoms with Gasteiger partial charge < -0.3 is 20.5 Å². The number of carbonyl (C=O) groups is 2. The van der Waals surface area contributed by atoms with Gasteiger partial charge in [-0.15, -0.1) is 0 Å². The first-order chi connectivity index (χ1) is 8.38. The lowest BCUT2D eigenvalue weighted by molar-refractivity contribution is -0.142. The highest BCUT2D eigenvalue weighted by atomic mass is 16.5. The van der Waals surface area contributed by atoms with E-state index in [1.807, 2.05) is 6.92 Å². The maximum atomic E-state index is 11.7. The highest BCUT2D eigenvalue weighted by molar-refractivity contribution is 6.08. The van der Waals surface area contributed by atoms with E-state index in [0.29, 0.717) is 11.4 Å². The molecule has 0 saturated heterocycles. The summed E-state index contributed by atoms with van der Waals surface area (Å²) in [6, 6.07) is 3.54. The Kier molecular flexibility index (Phi) is 4.28. The molecule has 18 heavy (non-hydrogen) atoms. The summed E-state index contributed by atoms with van der Waals surface area (Å²) >= 11 is 0. The number of aliphatic carboxylic acids is 1. The van der Waals surface area contributed by atoms with Gasteiger partial charge in [0.25, 0.3) is 5.91 Å². The first-order valence-corrected chi connectivity index (χ1v) is 5.29. The third-order valence-corrected chi connectivity index (χ3v) is 2.63. The Labute approximate surface area is 105 Å². The number of carboxylic acids is 1. The van der Waals surface area contributed by atoms with Gasteiger partial charge in [0.2, 0.25) is 0 Å². The number of hydrogen-bond donors (Lipinski definition) is 2. The van der Waals surface area contributed by atoms with E-state index in [9.17, 15) is 9.59 Å². The van der Waals surface area contributed by atoms with Crippen LogP contribution in [-0.4, -0.2) is 37.2 Å². The molecule has 0 aliphatic carbocycles. The molecule has 1 aromatic carbocycles. The maximum absolute atomic E-state index is 11.7. The van der Waals surface area contributed by atoms with Gasteiger partial charge in [-0.1, -0.05) is 0 Å². The number of carboxylic acid groups (broad SMARTS) is 1. The van der Waals surface area contributed by atoms with Gasteiger partial charge in [0.15, 0.2) is 6.04 Å². The largest absolute Gasteiger partial charge is 0.496 e. The number of hydrogen-bond acceptors (Lipinski definition) is 4. The molecule has 1 aromatic rings. The van der Waals surface area contributed by atoms with Crippen molar-refractivity contribution in [3.05, 3.63) is 23.8 Å². The number of anilines is 1. The Morgan fingerprint density at radius 3 is 2.50 bits per heavy atom. The van der Waals surface area contributed by atoms with Gasteiger partial charge >= 0.3 is 5.97 Å². The average Bonchev–Trinajstić information content (AvgIpc) is 2.35. The topological polar surface area (TPSA) is 92.9 Å². The lowest BCUT2D eigenvalue weighted by Gasteiger charge is -2.20. The van der Waals surface area contributed by atoms with E-state index < -0.39 is 17.9 Å². The number of nitrogens with zero attached hydrogens (tertiary/aromatic N) is 1. The smallest absolute Gasteiger partial charge is 0.330 e. The standard InChI is InChI=1S/C12H16N2O4/c1-7-6-8(4-5-9(7)18-3)14(2)11(15)10(13)12(16)17/h4-6,10H,13H2,1-3H3,(H,16,17). The van der Waals surface area contributed by atoms with Crippen molar-refractivity contribution in [2.45, 2.75) is 13.0 Å². The van der Waals surface area contributed by atoms with Crippen molar-refractivity contribution in [3.8, 4) is 5.75 Å². The molecule has 1 unspecified atom stereocenters. The van der Waals surface area contributed by atoms with Crippen LogP contribution in [0.3, 0.4) is 0 Å². The van der Waals surface area contributed by atoms with Crippen molar-refractivity contribution in [1.29, 1.82) is 0 Å². The molecule has 0 spiro atoms. The van der Waals surface area contributed by atoms with E-state index in [-0.39, 0.29) is 0 Å². The second kappa shape index (κ2) is 5.50. The van der Waals surface area contributed by atoms with Gasteiger partial charge in [-0.3, -0.25) is 4.79 Å². The zero-order valence-electron chi connectivity index (χ0n) is 10.5. The van der Waals surface area contributed by atoms with Crippen molar-refractivity contribution in [1.82, 2.24) is 0 Å². The SMILES string of the molecule is COc1ccc(N(C)C(=O)C(N)C(=O)O)cc1C. The number of likely N-dealkylation sites (N-methyl/N-ethyl adjacent to an activating group) is 1. The van der Waals surface area contributed by atoms with E-state index in [4.69, 9.17) is 15.6 Å². The minimum Gasteiger partial charge on any atom is -0.496 e. The van der Waals surface area contributed by atoms with E-state index in [1.165, 1.54) is 11.9 Å². The Morgan fingerprint density at radius 2 is 2.06 bits per heavy atom. The predicted molar refractivity (Wildman–Crippen MR) is 66.8 cm³/mol. The zero-order chi connectivity index (χ0) is 13.9. The highest BCUT2D eigenvalue weighted by Gasteiger charge is 2.25. The first-order valence-electron chi connectivity index (χ1n) is 5.29. The second-order valence-corrected chi connectivity index (χ2v) is 3.87. The summed E-state index contributed by atoms with van der Waals surface area (Å²) in [6.45, 7) is 1.83. The van der Waals surface area contributed by atoms with Gasteiger partial charge in [0.1, 0.15) is 5.75 Å². The molecule has 1 rings (SSSR count). The fourth-order valence-electron chi connectivity index (χ4n) is 1.51. The Morgan fingerprint density at radius 1 is 1.44 bits per heavy atom. The summed E-state index contributed by atoms with van der Waals surface area (Å²) in [5, 5.41) is 8.69. The summed E-state index contributed by atoms with van der Waals surface area (Å²) < 4.78 is 5.10.